The summed E-state index contributed by atoms with van der Waals surface area (Å²) >= 11 is 0. The number of hydrogen-bond acceptors (Lipinski definition) is 6. The van der Waals surface area contributed by atoms with Gasteiger partial charge in [0.25, 0.3) is 5.76 Å². The molecular weight excluding hydrogens is 478 g/mol. The number of nitrogens with zero attached hydrogens (tertiary/aromatic N) is 1. The average Bonchev–Trinajstić information content (AvgIpc) is 2.78. The predicted molar refractivity (Wildman–Crippen MR) is 113 cm³/mol. The minimum atomic E-state index is -1.01. The van der Waals surface area contributed by atoms with Crippen molar-refractivity contribution in [3.05, 3.63) is 89.4 Å². The molecule has 0 fully saturated rings. The number of para-hydroxylation sites is 1. The number of rotatable bonds is 6. The molecule has 2 aromatic carbocycles. The molecule has 1 unspecified atom stereocenters. The minimum Gasteiger partial charge on any atom is -1.00 e. The maximum atomic E-state index is 13.4. The lowest BCUT2D eigenvalue weighted by molar-refractivity contribution is -0.135. The molecule has 0 saturated carbocycles. The van der Waals surface area contributed by atoms with Gasteiger partial charge < -0.3 is 36.3 Å². The lowest BCUT2D eigenvalue weighted by Gasteiger charge is -2.33. The smallest absolute Gasteiger partial charge is 0.326 e. The summed E-state index contributed by atoms with van der Waals surface area (Å²) in [7, 11) is 3.03. The largest absolute Gasteiger partial charge is 1.00 e. The van der Waals surface area contributed by atoms with Gasteiger partial charge in [-0.3, -0.25) is 14.5 Å². The molecule has 8 heteroatoms. The van der Waals surface area contributed by atoms with Crippen LogP contribution >= 0.6 is 0 Å². The maximum absolute atomic E-state index is 13.4. The fourth-order valence-corrected chi connectivity index (χ4v) is 3.69. The van der Waals surface area contributed by atoms with E-state index in [4.69, 9.17) is 14.2 Å². The Kier molecular flexibility index (Phi) is 6.98. The number of ether oxygens (including phenoxy) is 3. The number of allylic oxidation sites excluding steroid dienone is 4. The van der Waals surface area contributed by atoms with Crippen molar-refractivity contribution in [3.63, 3.8) is 0 Å². The van der Waals surface area contributed by atoms with Gasteiger partial charge in [-0.1, -0.05) is 18.2 Å². The van der Waals surface area contributed by atoms with Gasteiger partial charge in [0.15, 0.2) is 11.3 Å². The fourth-order valence-electron chi connectivity index (χ4n) is 3.69. The Morgan fingerprint density at radius 1 is 1.03 bits per heavy atom. The van der Waals surface area contributed by atoms with Crippen LogP contribution in [0.5, 0.6) is 11.5 Å². The second-order valence-electron chi connectivity index (χ2n) is 6.90. The molecule has 0 bridgehead atoms. The van der Waals surface area contributed by atoms with E-state index in [1.54, 1.807) is 59.5 Å². The van der Waals surface area contributed by atoms with Crippen LogP contribution in [0.1, 0.15) is 11.5 Å². The van der Waals surface area contributed by atoms with E-state index in [9.17, 15) is 14.7 Å². The van der Waals surface area contributed by atoms with E-state index < -0.39 is 17.9 Å². The Bertz CT molecular complexity index is 1120. The Balaban J connectivity index is 0.00000289. The van der Waals surface area contributed by atoms with E-state index >= 15 is 0 Å². The normalized spacial score (nSPS) is 16.0. The number of carboxylic acid groups (broad SMARTS) is 1. The molecule has 7 nitrogen and oxygen atoms in total. The van der Waals surface area contributed by atoms with Crippen molar-refractivity contribution in [3.8, 4) is 11.5 Å². The summed E-state index contributed by atoms with van der Waals surface area (Å²) in [6.45, 7) is -0.285. The Morgan fingerprint density at radius 2 is 1.78 bits per heavy atom. The standard InChI is InChI=1S/C24H19NO6.BrH/c1-29-16-8-10-20-18(12-16)23(24(28)31-15-6-4-3-5-7-15)19-13-17(30-2)9-11-21(19)25(20)14-22(26)27;/h3-12,23H,14H2,1-2H3;1H. The van der Waals surface area contributed by atoms with Crippen LogP contribution in [0, 0.1) is 6.08 Å². The van der Waals surface area contributed by atoms with Crippen LogP contribution in [0.4, 0.5) is 5.69 Å². The van der Waals surface area contributed by atoms with Gasteiger partial charge in [0.05, 0.1) is 38.1 Å². The maximum Gasteiger partial charge on any atom is 0.326 e. The summed E-state index contributed by atoms with van der Waals surface area (Å²) in [6, 6.07) is 14.0. The van der Waals surface area contributed by atoms with Crippen LogP contribution in [0.15, 0.2) is 77.7 Å². The molecule has 2 aliphatic rings. The third kappa shape index (κ3) is 4.37. The summed E-state index contributed by atoms with van der Waals surface area (Å²) in [5.74, 6) is -0.985. The van der Waals surface area contributed by atoms with Crippen LogP contribution in [0.3, 0.4) is 0 Å². The fraction of sp³-hybridized carbons (Fsp3) is 0.167. The number of esters is 1. The second-order valence-corrected chi connectivity index (χ2v) is 6.90. The van der Waals surface area contributed by atoms with E-state index in [0.29, 0.717) is 39.8 Å². The van der Waals surface area contributed by atoms with Crippen molar-refractivity contribution < 1.29 is 45.9 Å². The first-order chi connectivity index (χ1) is 15.0. The highest BCUT2D eigenvalue weighted by molar-refractivity contribution is 5.92. The molecule has 2 aromatic rings. The zero-order valence-electron chi connectivity index (χ0n) is 17.4. The van der Waals surface area contributed by atoms with E-state index in [1.165, 1.54) is 14.2 Å². The third-order valence-electron chi connectivity index (χ3n) is 5.05. The van der Waals surface area contributed by atoms with Crippen LogP contribution < -0.4 is 31.4 Å². The molecule has 164 valence electrons. The van der Waals surface area contributed by atoms with Gasteiger partial charge in [-0.25, -0.2) is 0 Å². The number of halogens is 1. The summed E-state index contributed by atoms with van der Waals surface area (Å²) in [6.07, 6.45) is 6.52. The van der Waals surface area contributed by atoms with Crippen LogP contribution in [-0.4, -0.2) is 37.8 Å². The second kappa shape index (κ2) is 9.68. The van der Waals surface area contributed by atoms with E-state index in [2.05, 4.69) is 6.08 Å². The highest BCUT2D eigenvalue weighted by Gasteiger charge is 2.46. The number of methoxy groups -OCH3 is 2. The molecule has 0 saturated heterocycles. The molecule has 4 rings (SSSR count). The number of carbonyl (C=O) groups is 2. The number of carbonyl (C=O) groups excluding carboxylic acids is 1. The van der Waals surface area contributed by atoms with Gasteiger partial charge in [-0.05, 0) is 30.3 Å². The van der Waals surface area contributed by atoms with E-state index in [1.807, 2.05) is 6.07 Å². The molecule has 32 heavy (non-hydrogen) atoms. The number of aliphatic carboxylic acids is 1. The quantitative estimate of drug-likeness (QED) is 0.352. The van der Waals surface area contributed by atoms with Crippen molar-refractivity contribution in [2.24, 2.45) is 0 Å². The molecule has 1 heterocycles. The van der Waals surface area contributed by atoms with Gasteiger partial charge in [-0.2, -0.15) is 0 Å². The number of anilines is 1. The van der Waals surface area contributed by atoms with Crippen molar-refractivity contribution in [2.45, 2.75) is 5.92 Å². The van der Waals surface area contributed by atoms with Gasteiger partial charge in [0.2, 0.25) is 0 Å². The van der Waals surface area contributed by atoms with Gasteiger partial charge in [-0.15, -0.1) is 0 Å². The summed E-state index contributed by atoms with van der Waals surface area (Å²) in [5.41, 5.74) is 2.18. The van der Waals surface area contributed by atoms with Crippen molar-refractivity contribution in [2.75, 3.05) is 25.7 Å². The average molecular weight is 498 g/mol. The summed E-state index contributed by atoms with van der Waals surface area (Å²) in [4.78, 5) is 26.6. The number of benzene rings is 2. The Hall–Kier alpha value is -3.61. The molecule has 1 aliphatic heterocycles. The first kappa shape index (κ1) is 23.1. The van der Waals surface area contributed by atoms with Gasteiger partial charge >= 0.3 is 11.9 Å². The highest BCUT2D eigenvalue weighted by atomic mass is 79.9. The zero-order valence-corrected chi connectivity index (χ0v) is 19.0. The van der Waals surface area contributed by atoms with E-state index in [-0.39, 0.29) is 23.5 Å². The number of hydrogen-bond donors (Lipinski definition) is 1. The summed E-state index contributed by atoms with van der Waals surface area (Å²) < 4.78 is 16.3. The Morgan fingerprint density at radius 3 is 2.44 bits per heavy atom. The molecular formula is C24H20BrNO6. The highest BCUT2D eigenvalue weighted by Crippen LogP contribution is 2.47. The molecule has 1 N–H and O–H groups in total. The number of carboxylic acids is 1. The van der Waals surface area contributed by atoms with Crippen LogP contribution in [0.2, 0.25) is 0 Å². The van der Waals surface area contributed by atoms with Crippen molar-refractivity contribution in [1.29, 1.82) is 0 Å². The van der Waals surface area contributed by atoms with Crippen LogP contribution in [0.25, 0.3) is 0 Å². The lowest BCUT2D eigenvalue weighted by atomic mass is 9.81. The van der Waals surface area contributed by atoms with Crippen LogP contribution in [-0.2, 0) is 14.3 Å². The molecule has 0 spiro atoms. The van der Waals surface area contributed by atoms with Gasteiger partial charge in [0.1, 0.15) is 24.0 Å². The first-order valence-electron chi connectivity index (χ1n) is 9.56. The van der Waals surface area contributed by atoms with Gasteiger partial charge in [0, 0.05) is 5.56 Å². The zero-order chi connectivity index (χ0) is 22.0. The minimum absolute atomic E-state index is 0. The predicted octanol–water partition coefficient (Wildman–Crippen LogP) is 0.450. The first-order valence-corrected chi connectivity index (χ1v) is 9.56. The molecule has 1 atom stereocenters. The topological polar surface area (TPSA) is 85.3 Å². The lowest BCUT2D eigenvalue weighted by Crippen LogP contribution is -3.00. The van der Waals surface area contributed by atoms with Crippen molar-refractivity contribution >= 4 is 17.6 Å². The third-order valence-corrected chi connectivity index (χ3v) is 5.05. The molecule has 0 aromatic heterocycles. The molecule has 0 amide bonds. The summed E-state index contributed by atoms with van der Waals surface area (Å²) in [5, 5.41) is 9.50. The van der Waals surface area contributed by atoms with Crippen molar-refractivity contribution in [1.82, 2.24) is 0 Å². The molecule has 1 aliphatic carbocycles. The van der Waals surface area contributed by atoms with E-state index in [0.717, 1.165) is 0 Å². The monoisotopic (exact) mass is 497 g/mol. The SMILES string of the molecule is COC1=CC=C2C(=[C+]1)C(C(=O)Oc1ccccc1)c1cc(OC)ccc1N2CC(=O)O.[Br-]. The number of fused-ring (bicyclic) bond motifs is 2. The Labute approximate surface area is 196 Å². The molecule has 0 radical (unpaired) electrons.